The predicted molar refractivity (Wildman–Crippen MR) is 195 cm³/mol. The van der Waals surface area contributed by atoms with Gasteiger partial charge in [0.05, 0.1) is 28.4 Å². The maximum absolute atomic E-state index is 7.10. The fourth-order valence-corrected chi connectivity index (χ4v) is 38.9. The van der Waals surface area contributed by atoms with Crippen LogP contribution in [0.4, 0.5) is 0 Å². The number of rotatable bonds is 12. The molecule has 0 amide bonds. The van der Waals surface area contributed by atoms with E-state index in [-0.39, 0.29) is 0 Å². The van der Waals surface area contributed by atoms with Gasteiger partial charge in [-0.15, -0.1) is 0 Å². The molecule has 1 aliphatic rings. The third-order valence-corrected chi connectivity index (χ3v) is 29.8. The van der Waals surface area contributed by atoms with Gasteiger partial charge in [-0.2, -0.15) is 9.03 Å². The third kappa shape index (κ3) is 8.96. The van der Waals surface area contributed by atoms with E-state index in [0.29, 0.717) is 0 Å². The summed E-state index contributed by atoms with van der Waals surface area (Å²) < 4.78 is 37.5. The van der Waals surface area contributed by atoms with E-state index in [2.05, 4.69) is 0 Å². The Hall–Kier alpha value is -1.25. The number of halogens is 2. The van der Waals surface area contributed by atoms with Crippen LogP contribution < -0.4 is 18.9 Å². The maximum atomic E-state index is 7.10. The van der Waals surface area contributed by atoms with E-state index in [1.165, 1.54) is 0 Å². The molecule has 0 atom stereocenters. The van der Waals surface area contributed by atoms with Gasteiger partial charge in [0.15, 0.2) is 0 Å². The van der Waals surface area contributed by atoms with Crippen LogP contribution >= 0.6 is 85.1 Å². The van der Waals surface area contributed by atoms with E-state index in [4.69, 9.17) is 55.0 Å². The van der Waals surface area contributed by atoms with Crippen molar-refractivity contribution in [3.63, 3.8) is 0 Å². The molecular weight excluding hydrogens is 734 g/mol. The van der Waals surface area contributed by atoms with Crippen molar-refractivity contribution >= 4 is 85.1 Å². The van der Waals surface area contributed by atoms with E-state index in [1.807, 2.05) is 97.1 Å². The molecule has 0 fully saturated rings. The van der Waals surface area contributed by atoms with Crippen LogP contribution in [0.2, 0.25) is 0 Å². The summed E-state index contributed by atoms with van der Waals surface area (Å²) in [4.78, 5) is 3.91. The molecule has 44 heavy (non-hydrogen) atoms. The predicted octanol–water partition coefficient (Wildman–Crippen LogP) is 13.5. The first-order chi connectivity index (χ1) is 21.2. The number of methoxy groups -OCH3 is 4. The van der Waals surface area contributed by atoms with Crippen LogP contribution in [0.25, 0.3) is 0 Å². The first-order valence-corrected chi connectivity index (χ1v) is 25.4. The molecule has 7 nitrogen and oxygen atoms in total. The molecule has 232 valence electrons. The van der Waals surface area contributed by atoms with Crippen molar-refractivity contribution in [1.29, 1.82) is 0 Å². The monoisotopic (exact) mass is 761 g/mol. The van der Waals surface area contributed by atoms with Gasteiger partial charge in [-0.05, 0) is 165 Å². The van der Waals surface area contributed by atoms with Crippen LogP contribution in [0.5, 0.6) is 23.0 Å². The Morgan fingerprint density at radius 1 is 0.409 bits per heavy atom. The van der Waals surface area contributed by atoms with Gasteiger partial charge >= 0.3 is 0 Å². The summed E-state index contributed by atoms with van der Waals surface area (Å²) in [6.45, 7) is 0. The quantitative estimate of drug-likeness (QED) is 0.132. The van der Waals surface area contributed by atoms with Gasteiger partial charge in [0, 0.05) is 19.6 Å². The Bertz CT molecular complexity index is 1550. The zero-order chi connectivity index (χ0) is 31.2. The minimum Gasteiger partial charge on any atom is -0.497 e. The third-order valence-electron chi connectivity index (χ3n) is 5.80. The molecule has 5 rings (SSSR count). The summed E-state index contributed by atoms with van der Waals surface area (Å²) in [5.41, 5.74) is -5.55. The van der Waals surface area contributed by atoms with Gasteiger partial charge in [-0.25, -0.2) is 4.52 Å². The molecule has 4 aromatic rings. The molecule has 0 aromatic heterocycles. The Morgan fingerprint density at radius 2 is 0.659 bits per heavy atom. The van der Waals surface area contributed by atoms with E-state index in [0.717, 1.165) is 42.6 Å². The van der Waals surface area contributed by atoms with Crippen molar-refractivity contribution in [2.75, 3.05) is 28.4 Å². The summed E-state index contributed by atoms with van der Waals surface area (Å²) in [7, 11) is 6.59. The lowest BCUT2D eigenvalue weighted by atomic mass is 10.3. The number of hydrogen-bond acceptors (Lipinski definition) is 11. The second-order valence-corrected chi connectivity index (χ2v) is 29.4. The van der Waals surface area contributed by atoms with E-state index in [1.54, 1.807) is 74.0 Å². The number of benzene rings is 4. The van der Waals surface area contributed by atoms with Gasteiger partial charge in [-0.1, -0.05) is 0 Å². The Labute approximate surface area is 283 Å². The van der Waals surface area contributed by atoms with E-state index < -0.39 is 17.1 Å². The summed E-state index contributed by atoms with van der Waals surface area (Å²) in [6.07, 6.45) is 0. The fraction of sp³-hybridized carbons (Fsp3) is 0.143. The van der Waals surface area contributed by atoms with Crippen LogP contribution in [0.1, 0.15) is 0 Å². The standard InChI is InChI=1S/C28H28Cl2N3O4P3S4/c1-34-21-5-13-25(14-6-21)41-39(42-26-15-7-22(35-2)8-16-26)31-38(29,30)32-40(33-39,43-27-17-9-23(36-3)10-18-27)44-28-19-11-24(37-4)12-20-28/h5-20H,1-4H3. The van der Waals surface area contributed by atoms with Crippen molar-refractivity contribution in [2.45, 2.75) is 19.6 Å². The molecule has 0 N–H and O–H groups in total. The molecule has 16 heteroatoms. The second-order valence-electron chi connectivity index (χ2n) is 8.77. The normalized spacial score (nSPS) is 16.0. The average Bonchev–Trinajstić information content (AvgIpc) is 3.01. The second kappa shape index (κ2) is 15.1. The molecule has 0 bridgehead atoms. The molecule has 0 spiro atoms. The van der Waals surface area contributed by atoms with E-state index in [9.17, 15) is 0 Å². The highest BCUT2D eigenvalue weighted by Gasteiger charge is 2.39. The topological polar surface area (TPSA) is 74.0 Å². The number of nitrogens with zero attached hydrogens (tertiary/aromatic N) is 3. The van der Waals surface area contributed by atoms with Crippen molar-refractivity contribution in [3.05, 3.63) is 97.1 Å². The van der Waals surface area contributed by atoms with Crippen LogP contribution in [0, 0.1) is 0 Å². The molecule has 0 unspecified atom stereocenters. The number of ether oxygens (including phenoxy) is 4. The van der Waals surface area contributed by atoms with Gasteiger partial charge in [0.2, 0.25) is 11.2 Å². The fourth-order valence-electron chi connectivity index (χ4n) is 3.75. The largest absolute Gasteiger partial charge is 0.497 e. The number of hydrogen-bond donors (Lipinski definition) is 0. The highest BCUT2D eigenvalue weighted by atomic mass is 35.9. The lowest BCUT2D eigenvalue weighted by Crippen LogP contribution is -1.84. The van der Waals surface area contributed by atoms with Crippen LogP contribution in [-0.2, 0) is 0 Å². The van der Waals surface area contributed by atoms with Gasteiger partial charge in [0.1, 0.15) is 23.0 Å². The van der Waals surface area contributed by atoms with E-state index >= 15 is 0 Å². The van der Waals surface area contributed by atoms with Crippen LogP contribution in [-0.4, -0.2) is 28.4 Å². The molecular formula is C28H28Cl2N3O4P3S4. The zero-order valence-electron chi connectivity index (χ0n) is 23.9. The molecule has 0 radical (unpaired) electrons. The summed E-state index contributed by atoms with van der Waals surface area (Å²) >= 11 is 20.6. The van der Waals surface area contributed by atoms with Crippen LogP contribution in [0.3, 0.4) is 0 Å². The van der Waals surface area contributed by atoms with Crippen molar-refractivity contribution in [2.24, 2.45) is 13.5 Å². The SMILES string of the molecule is COc1ccc(SP2(Sc3ccc(OC)cc3)=NP(Cl)(Cl)=NP(Sc3ccc(OC)cc3)(Sc3ccc(OC)cc3)=N2)cc1. The smallest absolute Gasteiger partial charge is 0.256 e. The molecule has 1 aliphatic heterocycles. The minimum atomic E-state index is -3.17. The molecule has 0 aliphatic carbocycles. The molecule has 4 aromatic carbocycles. The zero-order valence-corrected chi connectivity index (χ0v) is 31.4. The van der Waals surface area contributed by atoms with Crippen molar-refractivity contribution < 1.29 is 18.9 Å². The average molecular weight is 763 g/mol. The van der Waals surface area contributed by atoms with Crippen molar-refractivity contribution in [1.82, 2.24) is 0 Å². The Kier molecular flexibility index (Phi) is 11.7. The first-order valence-electron chi connectivity index (χ1n) is 12.8. The highest BCUT2D eigenvalue weighted by Crippen LogP contribution is 2.96. The van der Waals surface area contributed by atoms with Gasteiger partial charge < -0.3 is 18.9 Å². The van der Waals surface area contributed by atoms with Crippen molar-refractivity contribution in [3.8, 4) is 23.0 Å². The molecule has 0 saturated carbocycles. The van der Waals surface area contributed by atoms with Crippen LogP contribution in [0.15, 0.2) is 130 Å². The van der Waals surface area contributed by atoms with Gasteiger partial charge in [-0.3, -0.25) is 0 Å². The van der Waals surface area contributed by atoms with Gasteiger partial charge in [0.25, 0.3) is 5.91 Å². The Balaban J connectivity index is 1.70. The molecule has 0 saturated heterocycles. The summed E-state index contributed by atoms with van der Waals surface area (Å²) in [5, 5.41) is 0. The highest BCUT2D eigenvalue weighted by molar-refractivity contribution is 8.96. The Morgan fingerprint density at radius 3 is 0.909 bits per heavy atom. The summed E-state index contributed by atoms with van der Waals surface area (Å²) in [5.74, 6) is -0.114. The maximum Gasteiger partial charge on any atom is 0.256 e. The minimum absolute atomic E-state index is 0.764. The lowest BCUT2D eigenvalue weighted by Gasteiger charge is -2.30. The summed E-state index contributed by atoms with van der Waals surface area (Å²) in [6, 6.07) is 31.5. The molecule has 1 heterocycles. The lowest BCUT2D eigenvalue weighted by molar-refractivity contribution is 0.414. The first kappa shape index (κ1) is 34.1.